The zero-order valence-electron chi connectivity index (χ0n) is 7.63. The van der Waals surface area contributed by atoms with E-state index in [0.717, 1.165) is 12.3 Å². The van der Waals surface area contributed by atoms with E-state index in [4.69, 9.17) is 5.26 Å². The normalized spacial score (nSPS) is 21.1. The molecule has 2 nitrogen and oxygen atoms in total. The number of hydrogen-bond acceptors (Lipinski definition) is 2. The Morgan fingerprint density at radius 1 is 1.42 bits per heavy atom. The molecule has 66 valence electrons. The third kappa shape index (κ3) is 1.99. The van der Waals surface area contributed by atoms with Crippen LogP contribution in [0.1, 0.15) is 20.3 Å². The van der Waals surface area contributed by atoms with Crippen LogP contribution in [-0.2, 0) is 4.57 Å². The van der Waals surface area contributed by atoms with Crippen LogP contribution in [0.25, 0.3) is 0 Å². The molecule has 0 fully saturated rings. The van der Waals surface area contributed by atoms with Gasteiger partial charge < -0.3 is 4.57 Å². The Balaban J connectivity index is 2.59. The first-order valence-electron chi connectivity index (χ1n) is 4.17. The maximum absolute atomic E-state index is 12.0. The molecule has 0 saturated heterocycles. The molecule has 0 bridgehead atoms. The van der Waals surface area contributed by atoms with Gasteiger partial charge >= 0.3 is 0 Å². The lowest BCUT2D eigenvalue weighted by atomic mass is 10.2. The fourth-order valence-corrected chi connectivity index (χ4v) is 4.81. The average molecular weight is 183 g/mol. The van der Waals surface area contributed by atoms with Crippen molar-refractivity contribution in [1.82, 2.24) is 0 Å². The SMILES string of the molecule is CC1=C(C)CP(=O)(CCC#N)C1. The Bertz CT molecular complexity index is 280. The molecule has 0 N–H and O–H groups in total. The number of nitriles is 1. The second-order valence-electron chi connectivity index (χ2n) is 3.57. The van der Waals surface area contributed by atoms with Crippen molar-refractivity contribution in [2.75, 3.05) is 18.5 Å². The first kappa shape index (κ1) is 9.55. The Hall–Kier alpha value is -0.540. The van der Waals surface area contributed by atoms with Crippen LogP contribution in [0.2, 0.25) is 0 Å². The van der Waals surface area contributed by atoms with Crippen LogP contribution >= 0.6 is 7.14 Å². The molecule has 0 aromatic carbocycles. The van der Waals surface area contributed by atoms with Gasteiger partial charge in [0, 0.05) is 24.9 Å². The van der Waals surface area contributed by atoms with Gasteiger partial charge in [-0.1, -0.05) is 11.1 Å². The second kappa shape index (κ2) is 3.46. The van der Waals surface area contributed by atoms with Crippen LogP contribution in [0.15, 0.2) is 11.1 Å². The van der Waals surface area contributed by atoms with Crippen LogP contribution < -0.4 is 0 Å². The predicted molar refractivity (Wildman–Crippen MR) is 50.8 cm³/mol. The summed E-state index contributed by atoms with van der Waals surface area (Å²) in [5.41, 5.74) is 2.55. The molecular formula is C9H14NOP. The van der Waals surface area contributed by atoms with Gasteiger partial charge in [0.2, 0.25) is 0 Å². The predicted octanol–water partition coefficient (Wildman–Crippen LogP) is 2.61. The minimum atomic E-state index is -2.00. The summed E-state index contributed by atoms with van der Waals surface area (Å²) in [6.45, 7) is 4.09. The van der Waals surface area contributed by atoms with Crippen molar-refractivity contribution in [3.63, 3.8) is 0 Å². The maximum Gasteiger partial charge on any atom is 0.0964 e. The summed E-state index contributed by atoms with van der Waals surface area (Å²) >= 11 is 0. The highest BCUT2D eigenvalue weighted by Gasteiger charge is 2.28. The van der Waals surface area contributed by atoms with E-state index in [1.807, 2.05) is 13.8 Å². The van der Waals surface area contributed by atoms with Crippen LogP contribution in [0.3, 0.4) is 0 Å². The molecule has 0 aliphatic carbocycles. The Morgan fingerprint density at radius 2 is 1.92 bits per heavy atom. The lowest BCUT2D eigenvalue weighted by Crippen LogP contribution is -1.92. The lowest BCUT2D eigenvalue weighted by molar-refractivity contribution is 0.579. The molecule has 0 saturated carbocycles. The molecule has 0 spiro atoms. The highest BCUT2D eigenvalue weighted by molar-refractivity contribution is 7.64. The minimum absolute atomic E-state index is 0.442. The molecule has 1 aliphatic heterocycles. The summed E-state index contributed by atoms with van der Waals surface area (Å²) in [5.74, 6) is 0. The monoisotopic (exact) mass is 183 g/mol. The zero-order valence-corrected chi connectivity index (χ0v) is 8.53. The Morgan fingerprint density at radius 3 is 2.33 bits per heavy atom. The molecule has 12 heavy (non-hydrogen) atoms. The molecular weight excluding hydrogens is 169 g/mol. The van der Waals surface area contributed by atoms with E-state index in [1.165, 1.54) is 11.1 Å². The van der Waals surface area contributed by atoms with E-state index < -0.39 is 7.14 Å². The first-order chi connectivity index (χ1) is 5.57. The summed E-state index contributed by atoms with van der Waals surface area (Å²) in [6.07, 6.45) is 2.55. The second-order valence-corrected chi connectivity index (χ2v) is 6.76. The van der Waals surface area contributed by atoms with Crippen molar-refractivity contribution in [2.24, 2.45) is 0 Å². The van der Waals surface area contributed by atoms with E-state index in [0.29, 0.717) is 12.6 Å². The van der Waals surface area contributed by atoms with Crippen molar-refractivity contribution in [1.29, 1.82) is 5.26 Å². The van der Waals surface area contributed by atoms with E-state index in [2.05, 4.69) is 6.07 Å². The molecule has 3 heteroatoms. The van der Waals surface area contributed by atoms with Crippen molar-refractivity contribution in [3.8, 4) is 6.07 Å². The standard InChI is InChI=1S/C9H14NOP/c1-8-6-12(11,5-3-4-10)7-9(8)2/h3,5-7H2,1-2H3. The summed E-state index contributed by atoms with van der Waals surface area (Å²) < 4.78 is 12.0. The molecule has 0 amide bonds. The van der Waals surface area contributed by atoms with Crippen LogP contribution in [-0.4, -0.2) is 18.5 Å². The fourth-order valence-electron chi connectivity index (χ4n) is 1.60. The first-order valence-corrected chi connectivity index (χ1v) is 6.43. The van der Waals surface area contributed by atoms with Crippen molar-refractivity contribution >= 4 is 7.14 Å². The van der Waals surface area contributed by atoms with Crippen LogP contribution in [0.5, 0.6) is 0 Å². The van der Waals surface area contributed by atoms with E-state index >= 15 is 0 Å². The molecule has 0 aromatic rings. The number of allylic oxidation sites excluding steroid dienone is 2. The quantitative estimate of drug-likeness (QED) is 0.487. The van der Waals surface area contributed by atoms with Gasteiger partial charge in [-0.3, -0.25) is 0 Å². The highest BCUT2D eigenvalue weighted by Crippen LogP contribution is 2.54. The van der Waals surface area contributed by atoms with Crippen molar-refractivity contribution < 1.29 is 4.57 Å². The third-order valence-electron chi connectivity index (χ3n) is 2.41. The molecule has 1 rings (SSSR count). The molecule has 0 atom stereocenters. The minimum Gasteiger partial charge on any atom is -0.323 e. The molecule has 0 aromatic heterocycles. The fraction of sp³-hybridized carbons (Fsp3) is 0.667. The van der Waals surface area contributed by atoms with E-state index in [1.54, 1.807) is 0 Å². The summed E-state index contributed by atoms with van der Waals surface area (Å²) in [4.78, 5) is 0. The van der Waals surface area contributed by atoms with Gasteiger partial charge in [-0.2, -0.15) is 5.26 Å². The van der Waals surface area contributed by atoms with E-state index in [-0.39, 0.29) is 0 Å². The average Bonchev–Trinajstić information content (AvgIpc) is 2.24. The summed E-state index contributed by atoms with van der Waals surface area (Å²) in [5, 5.41) is 8.39. The van der Waals surface area contributed by atoms with Gasteiger partial charge in [-0.15, -0.1) is 0 Å². The lowest BCUT2D eigenvalue weighted by Gasteiger charge is -2.08. The zero-order chi connectivity index (χ0) is 9.19. The van der Waals surface area contributed by atoms with Gasteiger partial charge in [0.1, 0.15) is 0 Å². The van der Waals surface area contributed by atoms with Gasteiger partial charge in [-0.25, -0.2) is 0 Å². The third-order valence-corrected chi connectivity index (χ3v) is 5.55. The highest BCUT2D eigenvalue weighted by atomic mass is 31.2. The smallest absolute Gasteiger partial charge is 0.0964 e. The maximum atomic E-state index is 12.0. The van der Waals surface area contributed by atoms with Crippen molar-refractivity contribution in [2.45, 2.75) is 20.3 Å². The van der Waals surface area contributed by atoms with Crippen LogP contribution in [0, 0.1) is 11.3 Å². The Labute approximate surface area is 73.6 Å². The summed E-state index contributed by atoms with van der Waals surface area (Å²) in [7, 11) is -2.00. The van der Waals surface area contributed by atoms with Gasteiger partial charge in [0.25, 0.3) is 0 Å². The van der Waals surface area contributed by atoms with Gasteiger partial charge in [-0.05, 0) is 13.8 Å². The number of hydrogen-bond donors (Lipinski definition) is 0. The van der Waals surface area contributed by atoms with Gasteiger partial charge in [0.05, 0.1) is 13.2 Å². The number of rotatable bonds is 2. The van der Waals surface area contributed by atoms with Crippen LogP contribution in [0.4, 0.5) is 0 Å². The van der Waals surface area contributed by atoms with Gasteiger partial charge in [0.15, 0.2) is 0 Å². The molecule has 0 radical (unpaired) electrons. The topological polar surface area (TPSA) is 40.9 Å². The molecule has 0 unspecified atom stereocenters. The Kier molecular flexibility index (Phi) is 2.75. The molecule has 1 heterocycles. The number of nitrogens with zero attached hydrogens (tertiary/aromatic N) is 1. The molecule has 1 aliphatic rings. The van der Waals surface area contributed by atoms with Crippen molar-refractivity contribution in [3.05, 3.63) is 11.1 Å². The van der Waals surface area contributed by atoms with E-state index in [9.17, 15) is 4.57 Å². The largest absolute Gasteiger partial charge is 0.323 e. The summed E-state index contributed by atoms with van der Waals surface area (Å²) in [6, 6.07) is 2.06.